The van der Waals surface area contributed by atoms with E-state index in [1.165, 1.54) is 42.6 Å². The van der Waals surface area contributed by atoms with Gasteiger partial charge < -0.3 is 0 Å². The van der Waals surface area contributed by atoms with E-state index in [9.17, 15) is 22.0 Å². The molecule has 27 heavy (non-hydrogen) atoms. The van der Waals surface area contributed by atoms with Gasteiger partial charge in [0.05, 0.1) is 22.7 Å². The van der Waals surface area contributed by atoms with Crippen molar-refractivity contribution in [1.82, 2.24) is 9.71 Å². The second-order valence-electron chi connectivity index (χ2n) is 5.56. The highest BCUT2D eigenvalue weighted by Crippen LogP contribution is 2.25. The number of hydrogen-bond acceptors (Lipinski definition) is 4. The van der Waals surface area contributed by atoms with Crippen molar-refractivity contribution >= 4 is 15.8 Å². The van der Waals surface area contributed by atoms with Gasteiger partial charge in [-0.25, -0.2) is 21.9 Å². The van der Waals surface area contributed by atoms with Gasteiger partial charge in [-0.2, -0.15) is 0 Å². The molecule has 1 N–H and O–H groups in total. The molecule has 1 heterocycles. The lowest BCUT2D eigenvalue weighted by atomic mass is 10.0. The van der Waals surface area contributed by atoms with Crippen molar-refractivity contribution in [3.8, 4) is 11.3 Å². The van der Waals surface area contributed by atoms with Crippen molar-refractivity contribution in [2.45, 2.75) is 4.90 Å². The van der Waals surface area contributed by atoms with Gasteiger partial charge in [-0.05, 0) is 36.4 Å². The number of carbonyl (C=O) groups is 1. The Morgan fingerprint density at radius 1 is 0.963 bits per heavy atom. The van der Waals surface area contributed by atoms with Gasteiger partial charge in [0.25, 0.3) is 0 Å². The second kappa shape index (κ2) is 7.73. The van der Waals surface area contributed by atoms with Crippen molar-refractivity contribution in [2.24, 2.45) is 0 Å². The number of hydrogen-bond donors (Lipinski definition) is 1. The standard InChI is InChI=1S/C19H14F2N2O3S/c20-15-10-9-14(16-8-4-5-11-22-16)19(21)18(15)17(24)12-23-27(25,26)13-6-2-1-3-7-13/h1-11,23H,12H2. The summed E-state index contributed by atoms with van der Waals surface area (Å²) in [7, 11) is -3.98. The predicted molar refractivity (Wildman–Crippen MR) is 95.6 cm³/mol. The molecule has 0 radical (unpaired) electrons. The number of Topliss-reactive ketones (excluding diaryl/α,β-unsaturated/α-hetero) is 1. The Balaban J connectivity index is 1.87. The minimum absolute atomic E-state index is 0.0498. The normalized spacial score (nSPS) is 11.3. The van der Waals surface area contributed by atoms with E-state index in [0.29, 0.717) is 0 Å². The van der Waals surface area contributed by atoms with Crippen LogP contribution in [0.3, 0.4) is 0 Å². The largest absolute Gasteiger partial charge is 0.292 e. The van der Waals surface area contributed by atoms with E-state index in [4.69, 9.17) is 0 Å². The first-order valence-electron chi connectivity index (χ1n) is 7.87. The summed E-state index contributed by atoms with van der Waals surface area (Å²) in [5.74, 6) is -3.18. The fourth-order valence-electron chi connectivity index (χ4n) is 2.46. The maximum absolute atomic E-state index is 14.7. The molecule has 2 aromatic carbocycles. The molecule has 0 fully saturated rings. The topological polar surface area (TPSA) is 76.1 Å². The number of rotatable bonds is 6. The van der Waals surface area contributed by atoms with Crippen molar-refractivity contribution < 1.29 is 22.0 Å². The highest BCUT2D eigenvalue weighted by Gasteiger charge is 2.23. The number of benzene rings is 2. The van der Waals surface area contributed by atoms with Gasteiger partial charge in [-0.15, -0.1) is 0 Å². The number of halogens is 2. The molecular weight excluding hydrogens is 374 g/mol. The van der Waals surface area contributed by atoms with Crippen LogP contribution in [0.4, 0.5) is 8.78 Å². The fourth-order valence-corrected chi connectivity index (χ4v) is 3.46. The molecular formula is C19H14F2N2O3S. The SMILES string of the molecule is O=C(CNS(=O)(=O)c1ccccc1)c1c(F)ccc(-c2ccccn2)c1F. The molecule has 8 heteroatoms. The van der Waals surface area contributed by atoms with E-state index < -0.39 is 39.5 Å². The molecule has 3 aromatic rings. The summed E-state index contributed by atoms with van der Waals surface area (Å²) in [6.07, 6.45) is 1.44. The van der Waals surface area contributed by atoms with E-state index in [1.807, 2.05) is 0 Å². The third-order valence-electron chi connectivity index (χ3n) is 3.79. The van der Waals surface area contributed by atoms with Gasteiger partial charge in [0.1, 0.15) is 11.6 Å². The Labute approximate surface area is 154 Å². The summed E-state index contributed by atoms with van der Waals surface area (Å²) in [6, 6.07) is 14.3. The molecule has 0 atom stereocenters. The minimum Gasteiger partial charge on any atom is -0.292 e. The maximum atomic E-state index is 14.7. The smallest absolute Gasteiger partial charge is 0.240 e. The molecule has 0 unspecified atom stereocenters. The molecule has 0 saturated heterocycles. The van der Waals surface area contributed by atoms with Gasteiger partial charge in [0, 0.05) is 11.8 Å². The van der Waals surface area contributed by atoms with E-state index >= 15 is 0 Å². The maximum Gasteiger partial charge on any atom is 0.240 e. The lowest BCUT2D eigenvalue weighted by molar-refractivity contribution is 0.0989. The lowest BCUT2D eigenvalue weighted by Crippen LogP contribution is -2.30. The van der Waals surface area contributed by atoms with Crippen molar-refractivity contribution in [3.63, 3.8) is 0 Å². The first kappa shape index (κ1) is 18.8. The number of carbonyl (C=O) groups excluding carboxylic acids is 1. The zero-order chi connectivity index (χ0) is 19.4. The van der Waals surface area contributed by atoms with E-state index in [2.05, 4.69) is 9.71 Å². The molecule has 0 aliphatic rings. The van der Waals surface area contributed by atoms with Crippen LogP contribution in [-0.2, 0) is 10.0 Å². The van der Waals surface area contributed by atoms with Gasteiger partial charge in [0.2, 0.25) is 10.0 Å². The summed E-state index contributed by atoms with van der Waals surface area (Å²) in [5.41, 5.74) is -0.630. The quantitative estimate of drug-likeness (QED) is 0.658. The molecule has 1 aromatic heterocycles. The van der Waals surface area contributed by atoms with E-state index in [1.54, 1.807) is 18.2 Å². The molecule has 0 aliphatic heterocycles. The number of nitrogens with zero attached hydrogens (tertiary/aromatic N) is 1. The molecule has 0 bridgehead atoms. The highest BCUT2D eigenvalue weighted by atomic mass is 32.2. The molecule has 0 spiro atoms. The Kier molecular flexibility index (Phi) is 5.38. The Hall–Kier alpha value is -2.97. The monoisotopic (exact) mass is 388 g/mol. The van der Waals surface area contributed by atoms with Crippen molar-refractivity contribution in [3.05, 3.63) is 84.1 Å². The first-order valence-corrected chi connectivity index (χ1v) is 9.36. The van der Waals surface area contributed by atoms with Crippen LogP contribution in [-0.4, -0.2) is 25.7 Å². The molecule has 0 saturated carbocycles. The third-order valence-corrected chi connectivity index (χ3v) is 5.20. The number of sulfonamides is 1. The molecule has 5 nitrogen and oxygen atoms in total. The van der Waals surface area contributed by atoms with Crippen LogP contribution in [0.15, 0.2) is 71.8 Å². The summed E-state index contributed by atoms with van der Waals surface area (Å²) in [5, 5.41) is 0. The fraction of sp³-hybridized carbons (Fsp3) is 0.0526. The van der Waals surface area contributed by atoms with E-state index in [-0.39, 0.29) is 16.2 Å². The van der Waals surface area contributed by atoms with Gasteiger partial charge in [-0.1, -0.05) is 24.3 Å². The summed E-state index contributed by atoms with van der Waals surface area (Å²) in [6.45, 7) is -0.781. The Bertz CT molecular complexity index is 1070. The van der Waals surface area contributed by atoms with Crippen LogP contribution in [0.2, 0.25) is 0 Å². The van der Waals surface area contributed by atoms with Crippen LogP contribution in [0.1, 0.15) is 10.4 Å². The zero-order valence-electron chi connectivity index (χ0n) is 13.9. The lowest BCUT2D eigenvalue weighted by Gasteiger charge is -2.10. The van der Waals surface area contributed by atoms with Crippen LogP contribution >= 0.6 is 0 Å². The van der Waals surface area contributed by atoms with Crippen molar-refractivity contribution in [1.29, 1.82) is 0 Å². The Morgan fingerprint density at radius 3 is 2.33 bits per heavy atom. The molecule has 0 aliphatic carbocycles. The van der Waals surface area contributed by atoms with Crippen LogP contribution in [0.25, 0.3) is 11.3 Å². The predicted octanol–water partition coefficient (Wildman–Crippen LogP) is 3.19. The van der Waals surface area contributed by atoms with Gasteiger partial charge >= 0.3 is 0 Å². The minimum atomic E-state index is -3.98. The molecule has 138 valence electrons. The summed E-state index contributed by atoms with van der Waals surface area (Å²) < 4.78 is 55.2. The average Bonchev–Trinajstić information content (AvgIpc) is 2.68. The first-order chi connectivity index (χ1) is 12.9. The molecule has 3 rings (SSSR count). The summed E-state index contributed by atoms with van der Waals surface area (Å²) >= 11 is 0. The highest BCUT2D eigenvalue weighted by molar-refractivity contribution is 7.89. The number of nitrogens with one attached hydrogen (secondary N) is 1. The van der Waals surface area contributed by atoms with Crippen LogP contribution < -0.4 is 4.72 Å². The molecule has 0 amide bonds. The average molecular weight is 388 g/mol. The second-order valence-corrected chi connectivity index (χ2v) is 7.33. The summed E-state index contributed by atoms with van der Waals surface area (Å²) in [4.78, 5) is 16.2. The number of aromatic nitrogens is 1. The third kappa shape index (κ3) is 4.07. The van der Waals surface area contributed by atoms with E-state index in [0.717, 1.165) is 6.07 Å². The Morgan fingerprint density at radius 2 is 1.67 bits per heavy atom. The zero-order valence-corrected chi connectivity index (χ0v) is 14.7. The number of pyridine rings is 1. The van der Waals surface area contributed by atoms with Gasteiger partial charge in [0.15, 0.2) is 5.78 Å². The van der Waals surface area contributed by atoms with Crippen LogP contribution in [0.5, 0.6) is 0 Å². The van der Waals surface area contributed by atoms with Gasteiger partial charge in [-0.3, -0.25) is 9.78 Å². The number of ketones is 1. The van der Waals surface area contributed by atoms with Crippen LogP contribution in [0, 0.1) is 11.6 Å². The van der Waals surface area contributed by atoms with Crippen molar-refractivity contribution in [2.75, 3.05) is 6.54 Å².